The zero-order chi connectivity index (χ0) is 13.3. The molecule has 0 aromatic carbocycles. The standard InChI is InChI=1S/C14H22ClN3/c1-9(2)12-13(15)16-8-17-14(12)18-6-5-10(3)11(4)7-18/h8-11H,5-7H2,1-4H3. The van der Waals surface area contributed by atoms with Crippen molar-refractivity contribution in [2.75, 3.05) is 18.0 Å². The highest BCUT2D eigenvalue weighted by Gasteiger charge is 2.26. The first-order chi connectivity index (χ1) is 8.50. The summed E-state index contributed by atoms with van der Waals surface area (Å²) in [6, 6.07) is 0. The van der Waals surface area contributed by atoms with Crippen LogP contribution in [0.4, 0.5) is 5.82 Å². The molecule has 3 nitrogen and oxygen atoms in total. The molecular formula is C14H22ClN3. The van der Waals surface area contributed by atoms with E-state index in [4.69, 9.17) is 11.6 Å². The van der Waals surface area contributed by atoms with Crippen molar-refractivity contribution in [2.24, 2.45) is 11.8 Å². The SMILES string of the molecule is CC(C)c1c(Cl)ncnc1N1CCC(C)C(C)C1. The van der Waals surface area contributed by atoms with Gasteiger partial charge in [-0.25, -0.2) is 9.97 Å². The van der Waals surface area contributed by atoms with Crippen LogP contribution in [0.15, 0.2) is 6.33 Å². The van der Waals surface area contributed by atoms with Gasteiger partial charge >= 0.3 is 0 Å². The summed E-state index contributed by atoms with van der Waals surface area (Å²) in [6.07, 6.45) is 2.80. The van der Waals surface area contributed by atoms with Crippen molar-refractivity contribution < 1.29 is 0 Å². The Kier molecular flexibility index (Phi) is 4.10. The molecule has 0 N–H and O–H groups in total. The second-order valence-electron chi connectivity index (χ2n) is 5.75. The molecule has 100 valence electrons. The number of piperidine rings is 1. The van der Waals surface area contributed by atoms with Crippen LogP contribution < -0.4 is 4.90 Å². The van der Waals surface area contributed by atoms with Crippen LogP contribution in [0.1, 0.15) is 45.6 Å². The molecule has 1 aliphatic heterocycles. The van der Waals surface area contributed by atoms with E-state index < -0.39 is 0 Å². The Labute approximate surface area is 115 Å². The number of hydrogen-bond acceptors (Lipinski definition) is 3. The minimum atomic E-state index is 0.350. The van der Waals surface area contributed by atoms with Crippen LogP contribution in [0.2, 0.25) is 5.15 Å². The van der Waals surface area contributed by atoms with Crippen LogP contribution in [0, 0.1) is 11.8 Å². The first-order valence-electron chi connectivity index (χ1n) is 6.76. The second kappa shape index (κ2) is 5.43. The molecule has 0 aliphatic carbocycles. The fraction of sp³-hybridized carbons (Fsp3) is 0.714. The van der Waals surface area contributed by atoms with Crippen molar-refractivity contribution in [2.45, 2.75) is 40.0 Å². The van der Waals surface area contributed by atoms with Crippen LogP contribution in [-0.4, -0.2) is 23.1 Å². The van der Waals surface area contributed by atoms with Gasteiger partial charge < -0.3 is 4.90 Å². The molecular weight excluding hydrogens is 246 g/mol. The summed E-state index contributed by atoms with van der Waals surface area (Å²) >= 11 is 6.23. The molecule has 18 heavy (non-hydrogen) atoms. The largest absolute Gasteiger partial charge is 0.356 e. The van der Waals surface area contributed by atoms with Gasteiger partial charge in [0.1, 0.15) is 17.3 Å². The smallest absolute Gasteiger partial charge is 0.138 e. The van der Waals surface area contributed by atoms with Crippen molar-refractivity contribution in [3.05, 3.63) is 17.0 Å². The Hall–Kier alpha value is -0.830. The van der Waals surface area contributed by atoms with Gasteiger partial charge in [0.15, 0.2) is 0 Å². The van der Waals surface area contributed by atoms with E-state index in [0.717, 1.165) is 30.4 Å². The van der Waals surface area contributed by atoms with Gasteiger partial charge in [-0.3, -0.25) is 0 Å². The first-order valence-corrected chi connectivity index (χ1v) is 7.13. The fourth-order valence-corrected chi connectivity index (χ4v) is 2.92. The zero-order valence-electron chi connectivity index (χ0n) is 11.7. The van der Waals surface area contributed by atoms with Gasteiger partial charge in [0.2, 0.25) is 0 Å². The molecule has 2 heterocycles. The van der Waals surface area contributed by atoms with Crippen LogP contribution in [0.25, 0.3) is 0 Å². The summed E-state index contributed by atoms with van der Waals surface area (Å²) in [5.74, 6) is 2.88. The molecule has 2 atom stereocenters. The van der Waals surface area contributed by atoms with Gasteiger partial charge in [-0.1, -0.05) is 39.3 Å². The Morgan fingerprint density at radius 2 is 2.00 bits per heavy atom. The summed E-state index contributed by atoms with van der Waals surface area (Å²) in [5.41, 5.74) is 1.08. The highest BCUT2D eigenvalue weighted by atomic mass is 35.5. The summed E-state index contributed by atoms with van der Waals surface area (Å²) in [7, 11) is 0. The Morgan fingerprint density at radius 3 is 2.61 bits per heavy atom. The lowest BCUT2D eigenvalue weighted by Gasteiger charge is -2.37. The summed E-state index contributed by atoms with van der Waals surface area (Å²) < 4.78 is 0. The molecule has 1 fully saturated rings. The molecule has 1 aliphatic rings. The number of anilines is 1. The second-order valence-corrected chi connectivity index (χ2v) is 6.10. The predicted molar refractivity (Wildman–Crippen MR) is 76.3 cm³/mol. The van der Waals surface area contributed by atoms with Crippen molar-refractivity contribution in [3.8, 4) is 0 Å². The monoisotopic (exact) mass is 267 g/mol. The Morgan fingerprint density at radius 1 is 1.28 bits per heavy atom. The third-order valence-electron chi connectivity index (χ3n) is 4.03. The van der Waals surface area contributed by atoms with Crippen LogP contribution in [0.3, 0.4) is 0 Å². The molecule has 0 amide bonds. The van der Waals surface area contributed by atoms with Crippen LogP contribution in [-0.2, 0) is 0 Å². The molecule has 0 spiro atoms. The lowest BCUT2D eigenvalue weighted by molar-refractivity contribution is 0.322. The predicted octanol–water partition coefficient (Wildman–Crippen LogP) is 3.74. The van der Waals surface area contributed by atoms with Crippen LogP contribution >= 0.6 is 11.6 Å². The first kappa shape index (κ1) is 13.6. The van der Waals surface area contributed by atoms with Crippen molar-refractivity contribution in [3.63, 3.8) is 0 Å². The van der Waals surface area contributed by atoms with E-state index >= 15 is 0 Å². The average Bonchev–Trinajstić information content (AvgIpc) is 2.32. The number of halogens is 1. The third kappa shape index (κ3) is 2.61. The van der Waals surface area contributed by atoms with Crippen molar-refractivity contribution >= 4 is 17.4 Å². The van der Waals surface area contributed by atoms with E-state index in [1.54, 1.807) is 6.33 Å². The highest BCUT2D eigenvalue weighted by Crippen LogP contribution is 2.33. The molecule has 2 rings (SSSR count). The van der Waals surface area contributed by atoms with Gasteiger partial charge in [-0.2, -0.15) is 0 Å². The molecule has 1 aromatic rings. The molecule has 2 unspecified atom stereocenters. The van der Waals surface area contributed by atoms with Crippen LogP contribution in [0.5, 0.6) is 0 Å². The lowest BCUT2D eigenvalue weighted by Crippen LogP contribution is -2.39. The maximum Gasteiger partial charge on any atom is 0.138 e. The minimum absolute atomic E-state index is 0.350. The number of aromatic nitrogens is 2. The van der Waals surface area contributed by atoms with Gasteiger partial charge in [0, 0.05) is 18.7 Å². The maximum atomic E-state index is 6.23. The molecule has 0 radical (unpaired) electrons. The number of rotatable bonds is 2. The van der Waals surface area contributed by atoms with Gasteiger partial charge in [0.25, 0.3) is 0 Å². The lowest BCUT2D eigenvalue weighted by atomic mass is 9.88. The summed E-state index contributed by atoms with van der Waals surface area (Å²) in [6.45, 7) is 11.1. The van der Waals surface area contributed by atoms with Gasteiger partial charge in [-0.05, 0) is 24.2 Å². The topological polar surface area (TPSA) is 29.0 Å². The summed E-state index contributed by atoms with van der Waals surface area (Å²) in [4.78, 5) is 11.0. The van der Waals surface area contributed by atoms with E-state index in [0.29, 0.717) is 17.0 Å². The number of nitrogens with zero attached hydrogens (tertiary/aromatic N) is 3. The van der Waals surface area contributed by atoms with Gasteiger partial charge in [-0.15, -0.1) is 0 Å². The minimum Gasteiger partial charge on any atom is -0.356 e. The Bertz CT molecular complexity index is 420. The normalized spacial score (nSPS) is 24.7. The van der Waals surface area contributed by atoms with E-state index in [1.807, 2.05) is 0 Å². The van der Waals surface area contributed by atoms with E-state index in [2.05, 4.69) is 42.6 Å². The van der Waals surface area contributed by atoms with E-state index in [1.165, 1.54) is 6.42 Å². The van der Waals surface area contributed by atoms with Crippen molar-refractivity contribution in [1.82, 2.24) is 9.97 Å². The molecule has 1 aromatic heterocycles. The molecule has 4 heteroatoms. The molecule has 1 saturated heterocycles. The van der Waals surface area contributed by atoms with Crippen molar-refractivity contribution in [1.29, 1.82) is 0 Å². The highest BCUT2D eigenvalue weighted by molar-refractivity contribution is 6.30. The zero-order valence-corrected chi connectivity index (χ0v) is 12.4. The fourth-order valence-electron chi connectivity index (χ4n) is 2.57. The maximum absolute atomic E-state index is 6.23. The molecule has 0 bridgehead atoms. The average molecular weight is 268 g/mol. The van der Waals surface area contributed by atoms with Gasteiger partial charge in [0.05, 0.1) is 0 Å². The Balaban J connectivity index is 2.31. The number of hydrogen-bond donors (Lipinski definition) is 0. The third-order valence-corrected chi connectivity index (χ3v) is 4.33. The molecule has 0 saturated carbocycles. The summed E-state index contributed by atoms with van der Waals surface area (Å²) in [5, 5.41) is 0.598. The van der Waals surface area contributed by atoms with E-state index in [-0.39, 0.29) is 0 Å². The quantitative estimate of drug-likeness (QED) is 0.765. The van der Waals surface area contributed by atoms with E-state index in [9.17, 15) is 0 Å².